The number of aliphatic carboxylic acids is 1. The van der Waals surface area contributed by atoms with Gasteiger partial charge in [-0.3, -0.25) is 4.79 Å². The van der Waals surface area contributed by atoms with Crippen molar-refractivity contribution in [3.63, 3.8) is 0 Å². The number of rotatable bonds is 4. The van der Waals surface area contributed by atoms with Gasteiger partial charge in [-0.25, -0.2) is 0 Å². The van der Waals surface area contributed by atoms with Crippen molar-refractivity contribution < 1.29 is 15.1 Å². The van der Waals surface area contributed by atoms with E-state index in [9.17, 15) is 4.79 Å². The second kappa shape index (κ2) is 5.72. The largest absolute Gasteiger partial charge is 0.481 e. The van der Waals surface area contributed by atoms with Gasteiger partial charge < -0.3 is 10.3 Å². The molecule has 0 radical (unpaired) electrons. The lowest BCUT2D eigenvalue weighted by molar-refractivity contribution is -0.136. The number of hydrogen-bond acceptors (Lipinski definition) is 3. The Hall–Kier alpha value is -2.10. The highest BCUT2D eigenvalue weighted by atomic mass is 16.4. The summed E-state index contributed by atoms with van der Waals surface area (Å²) in [6.45, 7) is 0. The molecule has 0 amide bonds. The van der Waals surface area contributed by atoms with Crippen LogP contribution in [0.5, 0.6) is 0 Å². The van der Waals surface area contributed by atoms with E-state index in [0.717, 1.165) is 12.0 Å². The summed E-state index contributed by atoms with van der Waals surface area (Å²) in [5, 5.41) is 21.2. The molecule has 1 aromatic rings. The van der Waals surface area contributed by atoms with E-state index in [1.165, 1.54) is 42.4 Å². The summed E-state index contributed by atoms with van der Waals surface area (Å²) in [4.78, 5) is 10.7. The number of hydrogen-bond donors (Lipinski definition) is 2. The lowest BCUT2D eigenvalue weighted by Gasteiger charge is -2.14. The highest BCUT2D eigenvalue weighted by molar-refractivity contribution is 6.02. The zero-order valence-corrected chi connectivity index (χ0v) is 11.9. The fourth-order valence-corrected chi connectivity index (χ4v) is 3.41. The first-order valence-electron chi connectivity index (χ1n) is 7.46. The van der Waals surface area contributed by atoms with Crippen LogP contribution >= 0.6 is 0 Å². The van der Waals surface area contributed by atoms with Crippen LogP contribution in [-0.4, -0.2) is 22.0 Å². The molecule has 0 aliphatic heterocycles. The van der Waals surface area contributed by atoms with Gasteiger partial charge in [0.2, 0.25) is 0 Å². The molecule has 0 spiro atoms. The van der Waals surface area contributed by atoms with Gasteiger partial charge in [0.05, 0.1) is 12.1 Å². The maximum atomic E-state index is 10.7. The fourth-order valence-electron chi connectivity index (χ4n) is 3.41. The Bertz CT molecular complexity index is 643. The van der Waals surface area contributed by atoms with E-state index in [-0.39, 0.29) is 12.8 Å². The summed E-state index contributed by atoms with van der Waals surface area (Å²) in [5.74, 6) is -0.880. The Morgan fingerprint density at radius 2 is 2.00 bits per heavy atom. The quantitative estimate of drug-likeness (QED) is 0.504. The van der Waals surface area contributed by atoms with E-state index in [4.69, 9.17) is 10.3 Å². The van der Waals surface area contributed by atoms with E-state index >= 15 is 0 Å². The third-order valence-electron chi connectivity index (χ3n) is 4.45. The van der Waals surface area contributed by atoms with E-state index in [0.29, 0.717) is 5.71 Å². The average Bonchev–Trinajstić information content (AvgIpc) is 2.85. The Balaban J connectivity index is 1.84. The summed E-state index contributed by atoms with van der Waals surface area (Å²) in [6.07, 6.45) is 6.13. The summed E-state index contributed by atoms with van der Waals surface area (Å²) in [5.41, 5.74) is 6.97. The molecule has 4 heteroatoms. The first kappa shape index (κ1) is 13.9. The molecule has 2 N–H and O–H groups in total. The van der Waals surface area contributed by atoms with Crippen LogP contribution in [0.3, 0.4) is 0 Å². The average molecular weight is 285 g/mol. The van der Waals surface area contributed by atoms with Gasteiger partial charge in [-0.15, -0.1) is 0 Å². The molecule has 4 nitrogen and oxygen atoms in total. The summed E-state index contributed by atoms with van der Waals surface area (Å²) in [6, 6.07) is 6.11. The zero-order valence-electron chi connectivity index (χ0n) is 11.9. The molecule has 0 bridgehead atoms. The van der Waals surface area contributed by atoms with Gasteiger partial charge >= 0.3 is 5.97 Å². The molecule has 2 aliphatic carbocycles. The third kappa shape index (κ3) is 2.71. The standard InChI is InChI=1S/C17H19NO3/c19-17(20)8-7-16(18-21)12-5-6-15-13(10-12)9-11-3-1-2-4-14(11)15/h5-6,10,21H,1-4,7-9H2,(H,19,20). The SMILES string of the molecule is O=C(O)CCC(=NO)c1ccc2c(c1)CC1=C2CCCC1. The van der Waals surface area contributed by atoms with Crippen LogP contribution in [0, 0.1) is 0 Å². The molecule has 1 aromatic carbocycles. The fraction of sp³-hybridized carbons (Fsp3) is 0.412. The van der Waals surface area contributed by atoms with Crippen molar-refractivity contribution in [3.05, 3.63) is 40.5 Å². The number of benzene rings is 1. The van der Waals surface area contributed by atoms with Gasteiger partial charge in [-0.1, -0.05) is 22.9 Å². The molecule has 110 valence electrons. The summed E-state index contributed by atoms with van der Waals surface area (Å²) >= 11 is 0. The Morgan fingerprint density at radius 1 is 1.19 bits per heavy atom. The molecule has 0 saturated heterocycles. The van der Waals surface area contributed by atoms with E-state index in [2.05, 4.69) is 17.3 Å². The minimum atomic E-state index is -0.880. The van der Waals surface area contributed by atoms with Gasteiger partial charge in [-0.05, 0) is 60.4 Å². The van der Waals surface area contributed by atoms with Crippen LogP contribution < -0.4 is 0 Å². The van der Waals surface area contributed by atoms with Crippen LogP contribution in [0.25, 0.3) is 5.57 Å². The van der Waals surface area contributed by atoms with Crippen molar-refractivity contribution in [2.24, 2.45) is 5.16 Å². The molecule has 0 aromatic heterocycles. The van der Waals surface area contributed by atoms with Gasteiger partial charge in [0.1, 0.15) is 0 Å². The summed E-state index contributed by atoms with van der Waals surface area (Å²) in [7, 11) is 0. The molecule has 0 unspecified atom stereocenters. The van der Waals surface area contributed by atoms with Crippen molar-refractivity contribution in [3.8, 4) is 0 Å². The number of carbonyl (C=O) groups is 1. The minimum absolute atomic E-state index is 0.0226. The first-order valence-corrected chi connectivity index (χ1v) is 7.46. The van der Waals surface area contributed by atoms with Crippen LogP contribution in [-0.2, 0) is 11.2 Å². The van der Waals surface area contributed by atoms with Crippen molar-refractivity contribution in [1.82, 2.24) is 0 Å². The smallest absolute Gasteiger partial charge is 0.303 e. The second-order valence-corrected chi connectivity index (χ2v) is 5.78. The molecule has 0 fully saturated rings. The Morgan fingerprint density at radius 3 is 2.76 bits per heavy atom. The predicted octanol–water partition coefficient (Wildman–Crippen LogP) is 3.61. The molecule has 2 aliphatic rings. The van der Waals surface area contributed by atoms with Crippen LogP contribution in [0.4, 0.5) is 0 Å². The highest BCUT2D eigenvalue weighted by Crippen LogP contribution is 2.41. The number of fused-ring (bicyclic) bond motifs is 2. The van der Waals surface area contributed by atoms with E-state index < -0.39 is 5.97 Å². The molecular weight excluding hydrogens is 266 g/mol. The van der Waals surface area contributed by atoms with Gasteiger partial charge in [0, 0.05) is 6.42 Å². The number of oxime groups is 1. The maximum Gasteiger partial charge on any atom is 0.303 e. The normalized spacial score (nSPS) is 17.6. The van der Waals surface area contributed by atoms with Crippen molar-refractivity contribution in [2.75, 3.05) is 0 Å². The van der Waals surface area contributed by atoms with Crippen molar-refractivity contribution >= 4 is 17.3 Å². The van der Waals surface area contributed by atoms with E-state index in [1.807, 2.05) is 6.07 Å². The Kier molecular flexibility index (Phi) is 3.78. The topological polar surface area (TPSA) is 69.9 Å². The predicted molar refractivity (Wildman–Crippen MR) is 80.7 cm³/mol. The van der Waals surface area contributed by atoms with Crippen molar-refractivity contribution in [2.45, 2.75) is 44.9 Å². The lowest BCUT2D eigenvalue weighted by atomic mass is 9.92. The number of carboxylic acids is 1. The second-order valence-electron chi connectivity index (χ2n) is 5.78. The highest BCUT2D eigenvalue weighted by Gasteiger charge is 2.24. The van der Waals surface area contributed by atoms with Gasteiger partial charge in [-0.2, -0.15) is 0 Å². The molecule has 21 heavy (non-hydrogen) atoms. The van der Waals surface area contributed by atoms with Crippen LogP contribution in [0.1, 0.15) is 55.2 Å². The number of carboxylic acid groups (broad SMARTS) is 1. The van der Waals surface area contributed by atoms with Gasteiger partial charge in [0.15, 0.2) is 0 Å². The van der Waals surface area contributed by atoms with Crippen molar-refractivity contribution in [1.29, 1.82) is 0 Å². The molecular formula is C17H19NO3. The minimum Gasteiger partial charge on any atom is -0.481 e. The van der Waals surface area contributed by atoms with E-state index in [1.54, 1.807) is 5.57 Å². The molecule has 0 heterocycles. The first-order chi connectivity index (χ1) is 10.2. The lowest BCUT2D eigenvalue weighted by Crippen LogP contribution is -2.06. The molecule has 3 rings (SSSR count). The van der Waals surface area contributed by atoms with Crippen LogP contribution in [0.2, 0.25) is 0 Å². The third-order valence-corrected chi connectivity index (χ3v) is 4.45. The molecule has 0 saturated carbocycles. The molecule has 0 atom stereocenters. The zero-order chi connectivity index (χ0) is 14.8. The summed E-state index contributed by atoms with van der Waals surface area (Å²) < 4.78 is 0. The Labute approximate surface area is 123 Å². The van der Waals surface area contributed by atoms with Gasteiger partial charge in [0.25, 0.3) is 0 Å². The maximum absolute atomic E-state index is 10.7. The number of nitrogens with zero attached hydrogens (tertiary/aromatic N) is 1. The monoisotopic (exact) mass is 285 g/mol. The van der Waals surface area contributed by atoms with Crippen LogP contribution in [0.15, 0.2) is 28.9 Å². The number of allylic oxidation sites excluding steroid dienone is 2.